The average molecular weight is 283 g/mol. The highest BCUT2D eigenvalue weighted by atomic mass is 16.6. The van der Waals surface area contributed by atoms with Crippen molar-refractivity contribution in [3.8, 4) is 0 Å². The molecule has 5 nitrogen and oxygen atoms in total. The van der Waals surface area contributed by atoms with E-state index in [2.05, 4.69) is 6.58 Å². The summed E-state index contributed by atoms with van der Waals surface area (Å²) < 4.78 is 5.35. The summed E-state index contributed by atoms with van der Waals surface area (Å²) in [6.45, 7) is 15.0. The molecule has 20 heavy (non-hydrogen) atoms. The molecule has 5 heteroatoms. The summed E-state index contributed by atoms with van der Waals surface area (Å²) in [5, 5.41) is 8.30. The number of rotatable bonds is 4. The molecule has 0 radical (unpaired) electrons. The lowest BCUT2D eigenvalue weighted by atomic mass is 10.0. The zero-order valence-corrected chi connectivity index (χ0v) is 14.1. The van der Waals surface area contributed by atoms with E-state index in [0.29, 0.717) is 5.84 Å². The van der Waals surface area contributed by atoms with Crippen LogP contribution in [0.5, 0.6) is 0 Å². The zero-order valence-electron chi connectivity index (χ0n) is 14.1. The van der Waals surface area contributed by atoms with E-state index >= 15 is 0 Å². The normalized spacial score (nSPS) is 11.8. The highest BCUT2D eigenvalue weighted by Crippen LogP contribution is 2.21. The third-order valence-electron chi connectivity index (χ3n) is 3.30. The number of carbonyl (C=O) groups is 1. The largest absolute Gasteiger partial charge is 0.444 e. The Hall–Kier alpha value is -1.52. The van der Waals surface area contributed by atoms with E-state index in [9.17, 15) is 4.79 Å². The maximum atomic E-state index is 12.1. The third-order valence-corrected chi connectivity index (χ3v) is 3.30. The Bertz CT molecular complexity index is 394. The first-order valence-corrected chi connectivity index (χ1v) is 6.82. The molecule has 0 aromatic rings. The van der Waals surface area contributed by atoms with Gasteiger partial charge < -0.3 is 9.64 Å². The minimum Gasteiger partial charge on any atom is -0.444 e. The van der Waals surface area contributed by atoms with Crippen molar-refractivity contribution in [2.24, 2.45) is 0 Å². The van der Waals surface area contributed by atoms with Gasteiger partial charge in [0.25, 0.3) is 0 Å². The van der Waals surface area contributed by atoms with Crippen LogP contribution in [-0.4, -0.2) is 47.0 Å². The number of hydrogen-bond donors (Lipinski definition) is 1. The number of amidine groups is 1. The molecule has 0 aliphatic heterocycles. The van der Waals surface area contributed by atoms with Crippen molar-refractivity contribution in [1.29, 1.82) is 5.41 Å². The maximum absolute atomic E-state index is 12.1. The quantitative estimate of drug-likeness (QED) is 0.635. The van der Waals surface area contributed by atoms with Crippen molar-refractivity contribution >= 4 is 11.9 Å². The molecule has 0 atom stereocenters. The van der Waals surface area contributed by atoms with Crippen LogP contribution in [0.2, 0.25) is 0 Å². The average Bonchev–Trinajstić information content (AvgIpc) is 2.32. The first kappa shape index (κ1) is 18.5. The van der Waals surface area contributed by atoms with Crippen LogP contribution in [-0.2, 0) is 4.74 Å². The molecule has 0 fully saturated rings. The second-order valence-corrected chi connectivity index (χ2v) is 6.43. The molecule has 0 saturated carbocycles. The molecule has 0 aromatic heterocycles. The van der Waals surface area contributed by atoms with Crippen molar-refractivity contribution in [2.45, 2.75) is 59.1 Å². The lowest BCUT2D eigenvalue weighted by Gasteiger charge is -2.40. The van der Waals surface area contributed by atoms with Crippen molar-refractivity contribution in [2.75, 3.05) is 14.1 Å². The lowest BCUT2D eigenvalue weighted by Crippen LogP contribution is -2.56. The minimum absolute atomic E-state index is 0.303. The Labute approximate surface area is 123 Å². The predicted octanol–water partition coefficient (Wildman–Crippen LogP) is 3.46. The second kappa shape index (κ2) is 6.29. The minimum atomic E-state index is -0.783. The summed E-state index contributed by atoms with van der Waals surface area (Å²) in [6.07, 6.45) is 0.313. The number of hydrogen-bond acceptors (Lipinski definition) is 3. The monoisotopic (exact) mass is 283 g/mol. The van der Waals surface area contributed by atoms with Gasteiger partial charge in [0.05, 0.1) is 5.54 Å². The fourth-order valence-electron chi connectivity index (χ4n) is 1.52. The fourth-order valence-corrected chi connectivity index (χ4v) is 1.52. The Kier molecular flexibility index (Phi) is 5.81. The summed E-state index contributed by atoms with van der Waals surface area (Å²) in [5.74, 6) is 0.303. The van der Waals surface area contributed by atoms with Crippen molar-refractivity contribution < 1.29 is 9.53 Å². The van der Waals surface area contributed by atoms with Gasteiger partial charge in [0.1, 0.15) is 11.4 Å². The Morgan fingerprint density at radius 1 is 1.20 bits per heavy atom. The van der Waals surface area contributed by atoms with Crippen LogP contribution in [0.1, 0.15) is 48.0 Å². The van der Waals surface area contributed by atoms with E-state index in [1.54, 1.807) is 19.0 Å². The standard InChI is InChI=1S/C15H29N3O2/c1-10-11(2)17(8)12(16)15(6,7)18(9)13(19)20-14(3,4)5/h16H,2,10H2,1,3-9H3. The predicted molar refractivity (Wildman–Crippen MR) is 83.0 cm³/mol. The molecule has 0 aliphatic rings. The first-order valence-electron chi connectivity index (χ1n) is 6.82. The number of amides is 1. The summed E-state index contributed by atoms with van der Waals surface area (Å²) in [7, 11) is 3.43. The van der Waals surface area contributed by atoms with Crippen LogP contribution in [0.25, 0.3) is 0 Å². The Balaban J connectivity index is 5.08. The molecule has 0 bridgehead atoms. The van der Waals surface area contributed by atoms with Crippen LogP contribution < -0.4 is 0 Å². The van der Waals surface area contributed by atoms with Gasteiger partial charge in [0.2, 0.25) is 0 Å². The van der Waals surface area contributed by atoms with Crippen LogP contribution in [0.3, 0.4) is 0 Å². The van der Waals surface area contributed by atoms with Crippen LogP contribution in [0, 0.1) is 5.41 Å². The van der Waals surface area contributed by atoms with Gasteiger partial charge in [-0.25, -0.2) is 4.79 Å². The van der Waals surface area contributed by atoms with Gasteiger partial charge in [0, 0.05) is 19.8 Å². The zero-order chi connectivity index (χ0) is 16.3. The molecule has 1 amide bonds. The molecule has 1 N–H and O–H groups in total. The molecule has 0 rings (SSSR count). The highest BCUT2D eigenvalue weighted by molar-refractivity contribution is 5.92. The van der Waals surface area contributed by atoms with Crippen LogP contribution >= 0.6 is 0 Å². The van der Waals surface area contributed by atoms with Crippen molar-refractivity contribution in [1.82, 2.24) is 9.80 Å². The number of carbonyl (C=O) groups excluding carboxylic acids is 1. The third kappa shape index (κ3) is 4.54. The molecule has 0 unspecified atom stereocenters. The van der Waals surface area contributed by atoms with Crippen LogP contribution in [0.15, 0.2) is 12.3 Å². The van der Waals surface area contributed by atoms with Gasteiger partial charge in [0.15, 0.2) is 0 Å². The first-order chi connectivity index (χ1) is 8.84. The van der Waals surface area contributed by atoms with Crippen molar-refractivity contribution in [3.05, 3.63) is 12.3 Å². The topological polar surface area (TPSA) is 56.6 Å². The Morgan fingerprint density at radius 2 is 1.65 bits per heavy atom. The van der Waals surface area contributed by atoms with Gasteiger partial charge in [-0.1, -0.05) is 13.5 Å². The molecule has 0 heterocycles. The molecule has 0 aliphatic carbocycles. The van der Waals surface area contributed by atoms with Crippen LogP contribution in [0.4, 0.5) is 4.79 Å². The molecule has 0 spiro atoms. The Morgan fingerprint density at radius 3 is 2.00 bits per heavy atom. The number of allylic oxidation sites excluding steroid dienone is 1. The van der Waals surface area contributed by atoms with Gasteiger partial charge in [-0.3, -0.25) is 10.3 Å². The van der Waals surface area contributed by atoms with Gasteiger partial charge in [-0.15, -0.1) is 0 Å². The van der Waals surface area contributed by atoms with E-state index < -0.39 is 17.2 Å². The van der Waals surface area contributed by atoms with Gasteiger partial charge in [-0.2, -0.15) is 0 Å². The second-order valence-electron chi connectivity index (χ2n) is 6.43. The van der Waals surface area contributed by atoms with Gasteiger partial charge in [-0.05, 0) is 41.0 Å². The summed E-state index contributed by atoms with van der Waals surface area (Å²) in [6, 6.07) is 0. The molecule has 116 valence electrons. The van der Waals surface area contributed by atoms with E-state index in [-0.39, 0.29) is 0 Å². The van der Waals surface area contributed by atoms with Crippen molar-refractivity contribution in [3.63, 3.8) is 0 Å². The molecule has 0 saturated heterocycles. The highest BCUT2D eigenvalue weighted by Gasteiger charge is 2.36. The molecular formula is C15H29N3O2. The smallest absolute Gasteiger partial charge is 0.410 e. The number of nitrogens with zero attached hydrogens (tertiary/aromatic N) is 2. The van der Waals surface area contributed by atoms with E-state index in [1.165, 1.54) is 4.90 Å². The van der Waals surface area contributed by atoms with Gasteiger partial charge >= 0.3 is 6.09 Å². The summed E-state index contributed by atoms with van der Waals surface area (Å²) in [5.41, 5.74) is -0.502. The summed E-state index contributed by atoms with van der Waals surface area (Å²) >= 11 is 0. The van der Waals surface area contributed by atoms with E-state index in [4.69, 9.17) is 10.1 Å². The molecule has 0 aromatic carbocycles. The number of nitrogens with one attached hydrogen (secondary N) is 1. The van der Waals surface area contributed by atoms with E-state index in [1.807, 2.05) is 41.5 Å². The summed E-state index contributed by atoms with van der Waals surface area (Å²) in [4.78, 5) is 15.3. The lowest BCUT2D eigenvalue weighted by molar-refractivity contribution is 0.0186. The number of ether oxygens (including phenoxy) is 1. The fraction of sp³-hybridized carbons (Fsp3) is 0.733. The van der Waals surface area contributed by atoms with E-state index in [0.717, 1.165) is 12.1 Å². The number of likely N-dealkylation sites (N-methyl/N-ethyl adjacent to an activating group) is 2. The SMILES string of the molecule is C=C(CC)N(C)C(=N)C(C)(C)N(C)C(=O)OC(C)(C)C. The molecular weight excluding hydrogens is 254 g/mol. The maximum Gasteiger partial charge on any atom is 0.410 e.